The van der Waals surface area contributed by atoms with Crippen molar-refractivity contribution < 1.29 is 9.59 Å². The largest absolute Gasteiger partial charge is 0.369 e. The zero-order valence-corrected chi connectivity index (χ0v) is 18.1. The number of hydrogen-bond donors (Lipinski definition) is 0. The molecule has 0 aliphatic rings. The molecule has 30 heavy (non-hydrogen) atoms. The minimum atomic E-state index is -0.716. The summed E-state index contributed by atoms with van der Waals surface area (Å²) in [4.78, 5) is 31.3. The third-order valence-electron chi connectivity index (χ3n) is 4.48. The van der Waals surface area contributed by atoms with Crippen LogP contribution in [0.25, 0.3) is 0 Å². The predicted molar refractivity (Wildman–Crippen MR) is 122 cm³/mol. The van der Waals surface area contributed by atoms with Gasteiger partial charge in [-0.2, -0.15) is 0 Å². The highest BCUT2D eigenvalue weighted by atomic mass is 35.5. The van der Waals surface area contributed by atoms with E-state index in [1.807, 2.05) is 18.2 Å². The number of aliphatic imine (C=N–C) groups is 1. The van der Waals surface area contributed by atoms with E-state index < -0.39 is 5.92 Å². The van der Waals surface area contributed by atoms with Gasteiger partial charge >= 0.3 is 0 Å². The van der Waals surface area contributed by atoms with E-state index in [2.05, 4.69) is 4.99 Å². The maximum atomic E-state index is 12.9. The first-order valence-corrected chi connectivity index (χ1v) is 10.0. The molecular weight excluding hydrogens is 419 g/mol. The lowest BCUT2D eigenvalue weighted by atomic mass is 9.89. The number of nitrogens with zero attached hydrogens (tertiary/aromatic N) is 2. The molecular formula is C24H20Cl2N2O2. The molecule has 4 nitrogen and oxygen atoms in total. The first kappa shape index (κ1) is 21.8. The van der Waals surface area contributed by atoms with Crippen LogP contribution in [0.4, 0.5) is 0 Å². The zero-order valence-electron chi connectivity index (χ0n) is 16.5. The molecule has 6 heteroatoms. The summed E-state index contributed by atoms with van der Waals surface area (Å²) >= 11 is 12.4. The van der Waals surface area contributed by atoms with Gasteiger partial charge in [0.15, 0.2) is 5.78 Å². The topological polar surface area (TPSA) is 49.7 Å². The molecule has 3 aromatic rings. The van der Waals surface area contributed by atoms with Gasteiger partial charge in [0.25, 0.3) is 5.91 Å². The van der Waals surface area contributed by atoms with E-state index >= 15 is 0 Å². The van der Waals surface area contributed by atoms with Crippen LogP contribution in [-0.2, 0) is 4.79 Å². The maximum Gasteiger partial charge on any atom is 0.259 e. The molecule has 0 aliphatic heterocycles. The van der Waals surface area contributed by atoms with Crippen LogP contribution in [0.3, 0.4) is 0 Å². The second-order valence-corrected chi connectivity index (χ2v) is 7.81. The molecule has 0 fully saturated rings. The van der Waals surface area contributed by atoms with Gasteiger partial charge < -0.3 is 4.90 Å². The molecule has 0 N–H and O–H groups in total. The van der Waals surface area contributed by atoms with Gasteiger partial charge in [-0.05, 0) is 23.3 Å². The molecule has 0 aromatic heterocycles. The van der Waals surface area contributed by atoms with Gasteiger partial charge in [0, 0.05) is 35.3 Å². The van der Waals surface area contributed by atoms with Gasteiger partial charge in [-0.3, -0.25) is 9.59 Å². The third-order valence-corrected chi connectivity index (χ3v) is 5.04. The summed E-state index contributed by atoms with van der Waals surface area (Å²) in [6.45, 7) is 0. The quantitative estimate of drug-likeness (QED) is 0.291. The van der Waals surface area contributed by atoms with E-state index in [-0.39, 0.29) is 11.7 Å². The molecule has 152 valence electrons. The molecule has 0 bridgehead atoms. The monoisotopic (exact) mass is 438 g/mol. The Hall–Kier alpha value is -2.95. The van der Waals surface area contributed by atoms with E-state index in [1.54, 1.807) is 73.6 Å². The van der Waals surface area contributed by atoms with Crippen LogP contribution in [0.5, 0.6) is 0 Å². The van der Waals surface area contributed by atoms with Crippen LogP contribution < -0.4 is 0 Å². The van der Waals surface area contributed by atoms with E-state index in [4.69, 9.17) is 23.2 Å². The summed E-state index contributed by atoms with van der Waals surface area (Å²) in [6, 6.07) is 21.0. The summed E-state index contributed by atoms with van der Waals surface area (Å²) in [6.07, 6.45) is 1.45. The normalized spacial score (nSPS) is 12.0. The van der Waals surface area contributed by atoms with Gasteiger partial charge in [0.2, 0.25) is 0 Å². The maximum absolute atomic E-state index is 12.9. The average Bonchev–Trinajstić information content (AvgIpc) is 2.74. The highest BCUT2D eigenvalue weighted by molar-refractivity contribution is 6.35. The van der Waals surface area contributed by atoms with Crippen molar-refractivity contribution in [3.8, 4) is 0 Å². The van der Waals surface area contributed by atoms with Crippen molar-refractivity contribution in [2.75, 3.05) is 14.1 Å². The summed E-state index contributed by atoms with van der Waals surface area (Å²) in [5, 5.41) is 0.862. The van der Waals surface area contributed by atoms with E-state index in [0.717, 1.165) is 0 Å². The van der Waals surface area contributed by atoms with E-state index in [9.17, 15) is 9.59 Å². The van der Waals surface area contributed by atoms with Crippen molar-refractivity contribution in [1.29, 1.82) is 0 Å². The molecule has 0 spiro atoms. The minimum absolute atomic E-state index is 0.0832. The van der Waals surface area contributed by atoms with Gasteiger partial charge in [-0.15, -0.1) is 0 Å². The fourth-order valence-corrected chi connectivity index (χ4v) is 3.54. The van der Waals surface area contributed by atoms with Crippen LogP contribution in [0.1, 0.15) is 33.0 Å². The molecule has 3 aromatic carbocycles. The smallest absolute Gasteiger partial charge is 0.259 e. The van der Waals surface area contributed by atoms with E-state index in [0.29, 0.717) is 32.3 Å². The lowest BCUT2D eigenvalue weighted by molar-refractivity contribution is -0.118. The van der Waals surface area contributed by atoms with Crippen molar-refractivity contribution >= 4 is 41.2 Å². The fraction of sp³-hybridized carbons (Fsp3) is 0.125. The molecule has 1 amide bonds. The van der Waals surface area contributed by atoms with Crippen LogP contribution in [0, 0.1) is 0 Å². The van der Waals surface area contributed by atoms with Gasteiger partial charge in [0.1, 0.15) is 0 Å². The number of hydrogen-bond acceptors (Lipinski definition) is 2. The Morgan fingerprint density at radius 2 is 1.53 bits per heavy atom. The number of halogens is 2. The second kappa shape index (κ2) is 9.70. The van der Waals surface area contributed by atoms with Crippen LogP contribution >= 0.6 is 23.2 Å². The third kappa shape index (κ3) is 5.15. The highest BCUT2D eigenvalue weighted by Gasteiger charge is 2.25. The summed E-state index contributed by atoms with van der Waals surface area (Å²) in [5.74, 6) is -1.16. The SMILES string of the molecule is CN(C)C=NC(=O)[C@@H](c1ccc(C(=O)c2ccccc2)cc1)c1ccc(Cl)cc1Cl. The zero-order chi connectivity index (χ0) is 21.7. The summed E-state index contributed by atoms with van der Waals surface area (Å²) < 4.78 is 0. The molecule has 0 radical (unpaired) electrons. The number of ketones is 1. The number of benzene rings is 3. The summed E-state index contributed by atoms with van der Waals surface area (Å²) in [5.41, 5.74) is 2.43. The number of carbonyl (C=O) groups is 2. The highest BCUT2D eigenvalue weighted by Crippen LogP contribution is 2.33. The van der Waals surface area contributed by atoms with Gasteiger partial charge in [-0.25, -0.2) is 4.99 Å². The molecule has 0 unspecified atom stereocenters. The van der Waals surface area contributed by atoms with Crippen molar-refractivity contribution in [3.63, 3.8) is 0 Å². The van der Waals surface area contributed by atoms with Crippen LogP contribution in [0.2, 0.25) is 10.0 Å². The Morgan fingerprint density at radius 1 is 0.900 bits per heavy atom. The van der Waals surface area contributed by atoms with Crippen molar-refractivity contribution in [2.45, 2.75) is 5.92 Å². The Bertz CT molecular complexity index is 1080. The predicted octanol–water partition coefficient (Wildman–Crippen LogP) is 5.47. The van der Waals surface area contributed by atoms with Crippen molar-refractivity contribution in [3.05, 3.63) is 105 Å². The van der Waals surface area contributed by atoms with Crippen LogP contribution in [0.15, 0.2) is 77.8 Å². The van der Waals surface area contributed by atoms with Crippen molar-refractivity contribution in [1.82, 2.24) is 4.90 Å². The van der Waals surface area contributed by atoms with Crippen molar-refractivity contribution in [2.24, 2.45) is 4.99 Å². The molecule has 3 rings (SSSR count). The number of amides is 1. The summed E-state index contributed by atoms with van der Waals surface area (Å²) in [7, 11) is 3.57. The van der Waals surface area contributed by atoms with Gasteiger partial charge in [-0.1, -0.05) is 83.9 Å². The average molecular weight is 439 g/mol. The lowest BCUT2D eigenvalue weighted by Gasteiger charge is -2.17. The molecule has 0 saturated carbocycles. The second-order valence-electron chi connectivity index (χ2n) is 6.96. The lowest BCUT2D eigenvalue weighted by Crippen LogP contribution is -2.16. The standard InChI is InChI=1S/C24H20Cl2N2O2/c1-28(2)15-27-24(30)22(20-13-12-19(25)14-21(20)26)16-8-10-18(11-9-16)23(29)17-6-4-3-5-7-17/h3-15,22H,1-2H3/t22-/m0/s1. The first-order valence-electron chi connectivity index (χ1n) is 9.26. The fourth-order valence-electron chi connectivity index (χ4n) is 3.02. The van der Waals surface area contributed by atoms with Gasteiger partial charge in [0.05, 0.1) is 12.3 Å². The molecule has 0 saturated heterocycles. The Morgan fingerprint density at radius 3 is 2.13 bits per heavy atom. The van der Waals surface area contributed by atoms with E-state index in [1.165, 1.54) is 6.34 Å². The number of rotatable bonds is 6. The first-order chi connectivity index (χ1) is 14.4. The Labute approximate surface area is 185 Å². The molecule has 0 aliphatic carbocycles. The Balaban J connectivity index is 1.99. The molecule has 1 atom stereocenters. The number of carbonyl (C=O) groups excluding carboxylic acids is 2. The minimum Gasteiger partial charge on any atom is -0.369 e. The molecule has 0 heterocycles. The Kier molecular flexibility index (Phi) is 7.03. The van der Waals surface area contributed by atoms with Crippen LogP contribution in [-0.4, -0.2) is 37.0 Å².